The minimum atomic E-state index is -3.74. The minimum Gasteiger partial charge on any atom is -0.207 e. The van der Waals surface area contributed by atoms with E-state index < -0.39 is 10.0 Å². The van der Waals surface area contributed by atoms with Gasteiger partial charge < -0.3 is 0 Å². The molecule has 0 saturated carbocycles. The predicted molar refractivity (Wildman–Crippen MR) is 89.0 cm³/mol. The Balaban J connectivity index is 2.41. The van der Waals surface area contributed by atoms with E-state index in [0.717, 1.165) is 5.56 Å². The highest BCUT2D eigenvalue weighted by Crippen LogP contribution is 2.32. The van der Waals surface area contributed by atoms with E-state index in [1.165, 1.54) is 28.8 Å². The van der Waals surface area contributed by atoms with Gasteiger partial charge in [0.25, 0.3) is 0 Å². The number of hydrogen-bond acceptors (Lipinski definition) is 3. The van der Waals surface area contributed by atoms with Gasteiger partial charge >= 0.3 is 0 Å². The third-order valence-corrected chi connectivity index (χ3v) is 6.52. The molecular formula is C13H12Cl3NO2S2. The average Bonchev–Trinajstić information content (AvgIpc) is 2.93. The van der Waals surface area contributed by atoms with Gasteiger partial charge in [-0.15, -0.1) is 11.6 Å². The van der Waals surface area contributed by atoms with Crippen LogP contribution in [0.2, 0.25) is 10.0 Å². The second-order valence-electron chi connectivity index (χ2n) is 4.40. The summed E-state index contributed by atoms with van der Waals surface area (Å²) in [7, 11) is -2.23. The average molecular weight is 385 g/mol. The second-order valence-corrected chi connectivity index (χ2v) is 8.28. The van der Waals surface area contributed by atoms with E-state index in [0.29, 0.717) is 5.56 Å². The van der Waals surface area contributed by atoms with Gasteiger partial charge in [-0.25, -0.2) is 8.42 Å². The molecule has 0 bridgehead atoms. The lowest BCUT2D eigenvalue weighted by Gasteiger charge is -2.18. The Kier molecular flexibility index (Phi) is 5.57. The molecule has 1 aromatic heterocycles. The van der Waals surface area contributed by atoms with Crippen LogP contribution in [0.3, 0.4) is 0 Å². The third kappa shape index (κ3) is 3.73. The molecule has 0 radical (unpaired) electrons. The first-order valence-electron chi connectivity index (χ1n) is 5.87. The van der Waals surface area contributed by atoms with Crippen molar-refractivity contribution in [3.05, 3.63) is 50.1 Å². The molecule has 0 aliphatic carbocycles. The summed E-state index contributed by atoms with van der Waals surface area (Å²) in [4.78, 5) is -0.0231. The summed E-state index contributed by atoms with van der Waals surface area (Å²) in [6.07, 6.45) is 0. The fourth-order valence-corrected chi connectivity index (χ4v) is 4.80. The number of halogens is 3. The molecule has 0 aliphatic heterocycles. The van der Waals surface area contributed by atoms with E-state index >= 15 is 0 Å². The molecule has 0 amide bonds. The standard InChI is InChI=1S/C13H12Cl3NO2S2/c1-17(7-9-2-3-20-8-9)21(18,19)12-5-11(15)4-10(6-14)13(12)16/h2-5,8H,6-7H2,1H3. The molecule has 0 aliphatic rings. The maximum Gasteiger partial charge on any atom is 0.244 e. The van der Waals surface area contributed by atoms with Gasteiger partial charge in [0.1, 0.15) is 4.90 Å². The monoisotopic (exact) mass is 383 g/mol. The largest absolute Gasteiger partial charge is 0.244 e. The predicted octanol–water partition coefficient (Wildman–Crippen LogP) is 4.61. The van der Waals surface area contributed by atoms with Crippen molar-refractivity contribution in [3.8, 4) is 0 Å². The molecule has 0 atom stereocenters. The van der Waals surface area contributed by atoms with Gasteiger partial charge in [0.2, 0.25) is 10.0 Å². The number of alkyl halides is 1. The topological polar surface area (TPSA) is 37.4 Å². The van der Waals surface area contributed by atoms with E-state index in [1.54, 1.807) is 6.07 Å². The molecule has 0 N–H and O–H groups in total. The molecule has 0 fully saturated rings. The maximum absolute atomic E-state index is 12.6. The lowest BCUT2D eigenvalue weighted by atomic mass is 10.2. The summed E-state index contributed by atoms with van der Waals surface area (Å²) in [5.41, 5.74) is 1.41. The molecule has 114 valence electrons. The van der Waals surface area contributed by atoms with Crippen molar-refractivity contribution in [2.75, 3.05) is 7.05 Å². The van der Waals surface area contributed by atoms with Crippen LogP contribution in [0.1, 0.15) is 11.1 Å². The summed E-state index contributed by atoms with van der Waals surface area (Å²) >= 11 is 19.4. The molecule has 2 aromatic rings. The molecule has 0 saturated heterocycles. The molecule has 3 nitrogen and oxygen atoms in total. The van der Waals surface area contributed by atoms with Gasteiger partial charge in [-0.2, -0.15) is 15.6 Å². The normalized spacial score (nSPS) is 12.0. The van der Waals surface area contributed by atoms with Gasteiger partial charge in [0.05, 0.1) is 5.02 Å². The number of benzene rings is 1. The molecule has 2 rings (SSSR count). The van der Waals surface area contributed by atoms with Crippen molar-refractivity contribution in [1.29, 1.82) is 0 Å². The Morgan fingerprint density at radius 3 is 2.57 bits per heavy atom. The van der Waals surface area contributed by atoms with Crippen LogP contribution < -0.4 is 0 Å². The fraction of sp³-hybridized carbons (Fsp3) is 0.231. The van der Waals surface area contributed by atoms with Crippen LogP contribution in [0.15, 0.2) is 33.9 Å². The molecule has 0 unspecified atom stereocenters. The highest BCUT2D eigenvalue weighted by Gasteiger charge is 2.25. The van der Waals surface area contributed by atoms with Gasteiger partial charge in [0, 0.05) is 24.5 Å². The van der Waals surface area contributed by atoms with Gasteiger partial charge in [-0.1, -0.05) is 23.2 Å². The van der Waals surface area contributed by atoms with Crippen molar-refractivity contribution < 1.29 is 8.42 Å². The Bertz CT molecular complexity index is 730. The van der Waals surface area contributed by atoms with E-state index in [4.69, 9.17) is 34.8 Å². The minimum absolute atomic E-state index is 0.0231. The third-order valence-electron chi connectivity index (χ3n) is 2.90. The number of nitrogens with zero attached hydrogens (tertiary/aromatic N) is 1. The summed E-state index contributed by atoms with van der Waals surface area (Å²) < 4.78 is 26.5. The Morgan fingerprint density at radius 2 is 2.00 bits per heavy atom. The number of rotatable bonds is 5. The van der Waals surface area contributed by atoms with E-state index in [-0.39, 0.29) is 27.4 Å². The molecule has 0 spiro atoms. The van der Waals surface area contributed by atoms with Crippen LogP contribution in [0.25, 0.3) is 0 Å². The highest BCUT2D eigenvalue weighted by molar-refractivity contribution is 7.89. The van der Waals surface area contributed by atoms with E-state index in [9.17, 15) is 8.42 Å². The van der Waals surface area contributed by atoms with Crippen LogP contribution in [-0.2, 0) is 22.4 Å². The SMILES string of the molecule is CN(Cc1ccsc1)S(=O)(=O)c1cc(Cl)cc(CCl)c1Cl. The number of hydrogen-bond donors (Lipinski definition) is 0. The zero-order valence-electron chi connectivity index (χ0n) is 11.0. The van der Waals surface area contributed by atoms with Crippen LogP contribution in [0.5, 0.6) is 0 Å². The van der Waals surface area contributed by atoms with Crippen molar-refractivity contribution in [2.45, 2.75) is 17.3 Å². The first kappa shape index (κ1) is 17.1. The van der Waals surface area contributed by atoms with Crippen molar-refractivity contribution in [1.82, 2.24) is 4.31 Å². The van der Waals surface area contributed by atoms with Crippen molar-refractivity contribution in [3.63, 3.8) is 0 Å². The molecule has 1 heterocycles. The number of sulfonamides is 1. The smallest absolute Gasteiger partial charge is 0.207 e. The van der Waals surface area contributed by atoms with Crippen LogP contribution in [0, 0.1) is 0 Å². The molecule has 21 heavy (non-hydrogen) atoms. The zero-order valence-corrected chi connectivity index (χ0v) is 14.9. The van der Waals surface area contributed by atoms with Crippen molar-refractivity contribution in [2.24, 2.45) is 0 Å². The first-order chi connectivity index (χ1) is 9.86. The van der Waals surface area contributed by atoms with E-state index in [1.807, 2.05) is 16.8 Å². The van der Waals surface area contributed by atoms with Crippen LogP contribution in [0.4, 0.5) is 0 Å². The first-order valence-corrected chi connectivity index (χ1v) is 9.55. The fourth-order valence-electron chi connectivity index (χ4n) is 1.80. The lowest BCUT2D eigenvalue weighted by molar-refractivity contribution is 0.467. The zero-order chi connectivity index (χ0) is 15.6. The highest BCUT2D eigenvalue weighted by atomic mass is 35.5. The maximum atomic E-state index is 12.6. The van der Waals surface area contributed by atoms with Crippen LogP contribution >= 0.6 is 46.1 Å². The lowest BCUT2D eigenvalue weighted by Crippen LogP contribution is -2.26. The summed E-state index contributed by atoms with van der Waals surface area (Å²) in [5, 5.41) is 4.20. The van der Waals surface area contributed by atoms with Gasteiger partial charge in [0.15, 0.2) is 0 Å². The number of thiophene rings is 1. The van der Waals surface area contributed by atoms with Crippen molar-refractivity contribution >= 4 is 56.2 Å². The second kappa shape index (κ2) is 6.86. The molecule has 8 heteroatoms. The van der Waals surface area contributed by atoms with E-state index in [2.05, 4.69) is 0 Å². The summed E-state index contributed by atoms with van der Waals surface area (Å²) in [5.74, 6) is 0.0934. The molecular weight excluding hydrogens is 373 g/mol. The Morgan fingerprint density at radius 1 is 1.29 bits per heavy atom. The summed E-state index contributed by atoms with van der Waals surface area (Å²) in [6, 6.07) is 4.79. The Labute approximate surface area is 143 Å². The molecule has 1 aromatic carbocycles. The summed E-state index contributed by atoms with van der Waals surface area (Å²) in [6.45, 7) is 0.269. The quantitative estimate of drug-likeness (QED) is 0.706. The van der Waals surface area contributed by atoms with Gasteiger partial charge in [-0.3, -0.25) is 0 Å². The Hall–Kier alpha value is -0.300. The van der Waals surface area contributed by atoms with Crippen LogP contribution in [-0.4, -0.2) is 19.8 Å². The van der Waals surface area contributed by atoms with Gasteiger partial charge in [-0.05, 0) is 40.1 Å².